The fourth-order valence-electron chi connectivity index (χ4n) is 3.39. The monoisotopic (exact) mass is 458 g/mol. The largest absolute Gasteiger partial charge is 0.493 e. The lowest BCUT2D eigenvalue weighted by Gasteiger charge is -2.25. The van der Waals surface area contributed by atoms with Gasteiger partial charge in [-0.1, -0.05) is 12.1 Å². The van der Waals surface area contributed by atoms with E-state index in [9.17, 15) is 0 Å². The average Bonchev–Trinajstić information content (AvgIpc) is 3.29. The van der Waals surface area contributed by atoms with E-state index in [1.807, 2.05) is 7.05 Å². The lowest BCUT2D eigenvalue weighted by molar-refractivity contribution is 0.264. The van der Waals surface area contributed by atoms with E-state index in [1.165, 1.54) is 24.0 Å². The highest BCUT2D eigenvalue weighted by Gasteiger charge is 2.32. The molecule has 0 radical (unpaired) electrons. The number of hydrogen-bond donors (Lipinski definition) is 2. The summed E-state index contributed by atoms with van der Waals surface area (Å²) in [5.74, 6) is 2.80. The third kappa shape index (κ3) is 5.74. The van der Waals surface area contributed by atoms with E-state index >= 15 is 0 Å². The second kappa shape index (κ2) is 9.62. The van der Waals surface area contributed by atoms with Crippen molar-refractivity contribution in [3.8, 4) is 5.75 Å². The molecule has 25 heavy (non-hydrogen) atoms. The average molecular weight is 458 g/mol. The van der Waals surface area contributed by atoms with Crippen molar-refractivity contribution in [1.29, 1.82) is 0 Å². The van der Waals surface area contributed by atoms with Gasteiger partial charge in [-0.3, -0.25) is 4.99 Å². The van der Waals surface area contributed by atoms with Crippen LogP contribution in [0.25, 0.3) is 0 Å². The van der Waals surface area contributed by atoms with E-state index in [0.29, 0.717) is 6.04 Å². The summed E-state index contributed by atoms with van der Waals surface area (Å²) < 4.78 is 5.56. The van der Waals surface area contributed by atoms with Gasteiger partial charge in [0.25, 0.3) is 0 Å². The van der Waals surface area contributed by atoms with Crippen LogP contribution >= 0.6 is 24.0 Å². The zero-order valence-electron chi connectivity index (χ0n) is 15.5. The lowest BCUT2D eigenvalue weighted by atomic mass is 10.1. The van der Waals surface area contributed by atoms with Gasteiger partial charge in [0.15, 0.2) is 5.96 Å². The molecule has 1 aliphatic heterocycles. The Morgan fingerprint density at radius 1 is 1.32 bits per heavy atom. The molecular weight excluding hydrogens is 427 g/mol. The van der Waals surface area contributed by atoms with Crippen LogP contribution in [0.4, 0.5) is 0 Å². The number of aliphatic imine (C=N–C) groups is 1. The zero-order valence-corrected chi connectivity index (χ0v) is 17.9. The number of ether oxygens (including phenoxy) is 1. The van der Waals surface area contributed by atoms with Gasteiger partial charge < -0.3 is 20.3 Å². The molecule has 1 unspecified atom stereocenters. The fraction of sp³-hybridized carbons (Fsp3) is 0.632. The summed E-state index contributed by atoms with van der Waals surface area (Å²) in [5, 5.41) is 6.91. The molecule has 0 aromatic heterocycles. The number of guanidine groups is 1. The van der Waals surface area contributed by atoms with Crippen molar-refractivity contribution in [1.82, 2.24) is 15.5 Å². The molecule has 2 aliphatic rings. The molecule has 1 heterocycles. The summed E-state index contributed by atoms with van der Waals surface area (Å²) in [6.07, 6.45) is 4.75. The summed E-state index contributed by atoms with van der Waals surface area (Å²) in [4.78, 5) is 6.67. The molecule has 2 N–H and O–H groups in total. The van der Waals surface area contributed by atoms with E-state index in [2.05, 4.69) is 52.8 Å². The summed E-state index contributed by atoms with van der Waals surface area (Å²) in [6, 6.07) is 7.13. The highest BCUT2D eigenvalue weighted by Crippen LogP contribution is 2.34. The zero-order chi connectivity index (χ0) is 16.9. The first-order valence-corrected chi connectivity index (χ1v) is 9.03. The maximum Gasteiger partial charge on any atom is 0.191 e. The Morgan fingerprint density at radius 3 is 2.80 bits per heavy atom. The molecule has 1 atom stereocenters. The predicted molar refractivity (Wildman–Crippen MR) is 114 cm³/mol. The van der Waals surface area contributed by atoms with Crippen molar-refractivity contribution in [2.45, 2.75) is 31.7 Å². The van der Waals surface area contributed by atoms with Crippen molar-refractivity contribution >= 4 is 29.9 Å². The van der Waals surface area contributed by atoms with Gasteiger partial charge in [-0.2, -0.15) is 0 Å². The highest BCUT2D eigenvalue weighted by atomic mass is 127. The van der Waals surface area contributed by atoms with E-state index < -0.39 is 0 Å². The minimum atomic E-state index is 0. The Balaban J connectivity index is 0.00000225. The van der Waals surface area contributed by atoms with Crippen LogP contribution in [0, 0.1) is 5.92 Å². The molecule has 0 bridgehead atoms. The van der Waals surface area contributed by atoms with Gasteiger partial charge in [-0.05, 0) is 56.5 Å². The number of hydrogen-bond acceptors (Lipinski definition) is 3. The number of fused-ring (bicyclic) bond motifs is 1. The van der Waals surface area contributed by atoms with Crippen LogP contribution < -0.4 is 15.4 Å². The molecule has 1 saturated carbocycles. The number of likely N-dealkylation sites (N-methyl/N-ethyl adjacent to an activating group) is 1. The first-order valence-electron chi connectivity index (χ1n) is 9.03. The smallest absolute Gasteiger partial charge is 0.191 e. The van der Waals surface area contributed by atoms with Gasteiger partial charge in [0.1, 0.15) is 5.75 Å². The fourth-order valence-corrected chi connectivity index (χ4v) is 3.39. The summed E-state index contributed by atoms with van der Waals surface area (Å²) in [7, 11) is 6.17. The molecule has 6 heteroatoms. The van der Waals surface area contributed by atoms with Crippen molar-refractivity contribution in [2.24, 2.45) is 10.9 Å². The van der Waals surface area contributed by atoms with Crippen molar-refractivity contribution in [3.63, 3.8) is 0 Å². The molecule has 1 aromatic rings. The van der Waals surface area contributed by atoms with Gasteiger partial charge in [0.2, 0.25) is 0 Å². The van der Waals surface area contributed by atoms with E-state index in [-0.39, 0.29) is 24.0 Å². The quantitative estimate of drug-likeness (QED) is 0.374. The third-order valence-electron chi connectivity index (χ3n) is 4.99. The molecular formula is C19H31IN4O. The second-order valence-electron chi connectivity index (χ2n) is 7.04. The molecule has 1 aromatic carbocycles. The van der Waals surface area contributed by atoms with Gasteiger partial charge in [0, 0.05) is 32.6 Å². The van der Waals surface area contributed by atoms with E-state index in [4.69, 9.17) is 4.74 Å². The van der Waals surface area contributed by atoms with Crippen LogP contribution in [0.1, 0.15) is 24.0 Å². The molecule has 3 rings (SSSR count). The minimum Gasteiger partial charge on any atom is -0.493 e. The van der Waals surface area contributed by atoms with Crippen LogP contribution in [0.3, 0.4) is 0 Å². The Bertz CT molecular complexity index is 585. The Labute approximate surface area is 168 Å². The summed E-state index contributed by atoms with van der Waals surface area (Å²) >= 11 is 0. The van der Waals surface area contributed by atoms with Crippen LogP contribution in [-0.2, 0) is 12.8 Å². The van der Waals surface area contributed by atoms with Crippen molar-refractivity contribution in [3.05, 3.63) is 29.3 Å². The molecule has 0 saturated heterocycles. The van der Waals surface area contributed by atoms with Gasteiger partial charge >= 0.3 is 0 Å². The molecule has 0 amide bonds. The first kappa shape index (κ1) is 20.3. The molecule has 1 aliphatic carbocycles. The van der Waals surface area contributed by atoms with E-state index in [0.717, 1.165) is 50.2 Å². The summed E-state index contributed by atoms with van der Waals surface area (Å²) in [5.41, 5.74) is 2.69. The standard InChI is InChI=1S/C19H30N4O.HI/c1-20-19(22-13-17(23(2)3)15-5-6-15)21-10-8-14-4-7-18-16(12-14)9-11-24-18;/h4,7,12,15,17H,5-6,8-11,13H2,1-3H3,(H2,20,21,22);1H. The Kier molecular flexibility index (Phi) is 7.81. The maximum atomic E-state index is 5.56. The predicted octanol–water partition coefficient (Wildman–Crippen LogP) is 2.29. The topological polar surface area (TPSA) is 48.9 Å². The SMILES string of the molecule is CN=C(NCCc1ccc2c(c1)CCO2)NCC(C1CC1)N(C)C.I. The van der Waals surface area contributed by atoms with Crippen LogP contribution in [0.15, 0.2) is 23.2 Å². The number of rotatable bonds is 7. The maximum absolute atomic E-state index is 5.56. The number of nitrogens with one attached hydrogen (secondary N) is 2. The van der Waals surface area contributed by atoms with Gasteiger partial charge in [-0.15, -0.1) is 24.0 Å². The lowest BCUT2D eigenvalue weighted by Crippen LogP contribution is -2.46. The minimum absolute atomic E-state index is 0. The van der Waals surface area contributed by atoms with Gasteiger partial charge in [-0.25, -0.2) is 0 Å². The number of halogens is 1. The molecule has 5 nitrogen and oxygen atoms in total. The molecule has 0 spiro atoms. The molecule has 1 fully saturated rings. The molecule has 140 valence electrons. The third-order valence-corrected chi connectivity index (χ3v) is 4.99. The Hall–Kier alpha value is -1.02. The van der Waals surface area contributed by atoms with Crippen molar-refractivity contribution in [2.75, 3.05) is 40.8 Å². The number of nitrogens with zero attached hydrogens (tertiary/aromatic N) is 2. The summed E-state index contributed by atoms with van der Waals surface area (Å²) in [6.45, 7) is 2.66. The first-order chi connectivity index (χ1) is 11.7. The van der Waals surface area contributed by atoms with E-state index in [1.54, 1.807) is 0 Å². The normalized spacial score (nSPS) is 17.5. The highest BCUT2D eigenvalue weighted by molar-refractivity contribution is 14.0. The van der Waals surface area contributed by atoms with Crippen molar-refractivity contribution < 1.29 is 4.74 Å². The van der Waals surface area contributed by atoms with Crippen LogP contribution in [-0.4, -0.2) is 57.7 Å². The Morgan fingerprint density at radius 2 is 2.12 bits per heavy atom. The van der Waals surface area contributed by atoms with Crippen LogP contribution in [0.5, 0.6) is 5.75 Å². The second-order valence-corrected chi connectivity index (χ2v) is 7.04. The number of benzene rings is 1. The van der Waals surface area contributed by atoms with Gasteiger partial charge in [0.05, 0.1) is 6.61 Å². The van der Waals surface area contributed by atoms with Crippen LogP contribution in [0.2, 0.25) is 0 Å².